The molecule has 2 saturated heterocycles. The third-order valence-electron chi connectivity index (χ3n) is 13.9. The van der Waals surface area contributed by atoms with E-state index in [1.165, 1.54) is 97.2 Å². The number of amides is 11. The predicted octanol–water partition coefficient (Wildman–Crippen LogP) is 1.02. The highest BCUT2D eigenvalue weighted by Gasteiger charge is 2.31. The van der Waals surface area contributed by atoms with Crippen molar-refractivity contribution in [2.24, 2.45) is 0 Å². The Bertz CT molecular complexity index is 3100. The SMILES string of the molecule is O=C(O)CCC(NC(=O)NC(Cc1ccc(NC(=O)N2CCN(C(=O)c3cc(NC(=O)Cn4cc(CCCF)nn4)cc(C(=O)N4CCN(C(=O)Nc5ccc(C[C@H](NC(=O)N[C@@H](CCC(=O)O)C(=O)O)C(=O)O)cc5)CC4)c3)CC2)cc1)C(=O)O)C(=O)O. The summed E-state index contributed by atoms with van der Waals surface area (Å²) < 4.78 is 14.0. The third kappa shape index (κ3) is 20.9. The molecule has 1 aromatic heterocycles. The summed E-state index contributed by atoms with van der Waals surface area (Å²) >= 11 is 0. The van der Waals surface area contributed by atoms with Gasteiger partial charge in [0.15, 0.2) is 0 Å². The molecule has 476 valence electrons. The molecular weight excluding hydrogens is 1180 g/mol. The van der Waals surface area contributed by atoms with E-state index in [9.17, 15) is 87.1 Å². The Hall–Kier alpha value is -11.0. The summed E-state index contributed by atoms with van der Waals surface area (Å²) in [5.74, 6) is -10.2. The van der Waals surface area contributed by atoms with Gasteiger partial charge in [-0.1, -0.05) is 29.5 Å². The van der Waals surface area contributed by atoms with Gasteiger partial charge >= 0.3 is 59.9 Å². The molecule has 34 heteroatoms. The smallest absolute Gasteiger partial charge is 0.326 e. The minimum Gasteiger partial charge on any atom is -0.481 e. The number of carboxylic acids is 6. The van der Waals surface area contributed by atoms with Crippen molar-refractivity contribution >= 4 is 94.7 Å². The number of rotatable bonds is 28. The second-order valence-corrected chi connectivity index (χ2v) is 20.4. The van der Waals surface area contributed by atoms with Crippen LogP contribution in [-0.4, -0.2) is 226 Å². The zero-order valence-corrected chi connectivity index (χ0v) is 47.5. The van der Waals surface area contributed by atoms with Gasteiger partial charge in [-0.05, 0) is 79.3 Å². The van der Waals surface area contributed by atoms with Crippen molar-refractivity contribution in [1.29, 1.82) is 0 Å². The number of hydrogen-bond donors (Lipinski definition) is 13. The van der Waals surface area contributed by atoms with E-state index in [4.69, 9.17) is 10.2 Å². The number of hydrogen-bond acceptors (Lipinski definition) is 15. The second kappa shape index (κ2) is 32.0. The highest BCUT2D eigenvalue weighted by molar-refractivity contribution is 6.03. The number of carboxylic acid groups (broad SMARTS) is 6. The summed E-state index contributed by atoms with van der Waals surface area (Å²) in [4.78, 5) is 168. The first-order valence-corrected chi connectivity index (χ1v) is 27.6. The first-order chi connectivity index (χ1) is 42.3. The van der Waals surface area contributed by atoms with Crippen molar-refractivity contribution in [3.8, 4) is 0 Å². The van der Waals surface area contributed by atoms with Gasteiger partial charge in [-0.2, -0.15) is 0 Å². The maximum atomic E-state index is 14.2. The molecule has 0 radical (unpaired) electrons. The maximum Gasteiger partial charge on any atom is 0.326 e. The monoisotopic (exact) mass is 1240 g/mol. The molecule has 3 aromatic carbocycles. The van der Waals surface area contributed by atoms with Crippen LogP contribution in [0.15, 0.2) is 72.9 Å². The van der Waals surface area contributed by atoms with Crippen LogP contribution in [0.1, 0.15) is 69.6 Å². The van der Waals surface area contributed by atoms with Gasteiger partial charge in [-0.15, -0.1) is 5.10 Å². The zero-order chi connectivity index (χ0) is 64.9. The fourth-order valence-electron chi connectivity index (χ4n) is 9.15. The summed E-state index contributed by atoms with van der Waals surface area (Å²) in [5, 5.41) is 80.4. The minimum atomic E-state index is -1.59. The molecule has 2 aliphatic heterocycles. The van der Waals surface area contributed by atoms with E-state index in [0.717, 1.165) is 0 Å². The van der Waals surface area contributed by atoms with Crippen LogP contribution >= 0.6 is 0 Å². The van der Waals surface area contributed by atoms with Crippen LogP contribution < -0.4 is 37.2 Å². The lowest BCUT2D eigenvalue weighted by Crippen LogP contribution is -2.52. The van der Waals surface area contributed by atoms with Crippen molar-refractivity contribution < 1.29 is 97.4 Å². The number of halogens is 1. The van der Waals surface area contributed by atoms with E-state index >= 15 is 0 Å². The fourth-order valence-corrected chi connectivity index (χ4v) is 9.15. The van der Waals surface area contributed by atoms with E-state index in [1.54, 1.807) is 0 Å². The topological polar surface area (TPSA) is 471 Å². The van der Waals surface area contributed by atoms with Crippen molar-refractivity contribution in [2.75, 3.05) is 75.0 Å². The van der Waals surface area contributed by atoms with Crippen LogP contribution in [0.3, 0.4) is 0 Å². The average molecular weight is 1250 g/mol. The molecule has 13 N–H and O–H groups in total. The van der Waals surface area contributed by atoms with Crippen molar-refractivity contribution in [3.05, 3.63) is 101 Å². The lowest BCUT2D eigenvalue weighted by atomic mass is 10.1. The van der Waals surface area contributed by atoms with Crippen LogP contribution in [0.25, 0.3) is 0 Å². The number of nitrogens with one attached hydrogen (secondary N) is 7. The molecule has 33 nitrogen and oxygen atoms in total. The quantitative estimate of drug-likeness (QED) is 0.0377. The summed E-state index contributed by atoms with van der Waals surface area (Å²) in [6.07, 6.45) is -0.520. The lowest BCUT2D eigenvalue weighted by Gasteiger charge is -2.35. The van der Waals surface area contributed by atoms with Crippen molar-refractivity contribution in [2.45, 2.75) is 82.1 Å². The largest absolute Gasteiger partial charge is 0.481 e. The molecule has 11 amide bonds. The molecule has 2 fully saturated rings. The molecule has 3 heterocycles. The highest BCUT2D eigenvalue weighted by Crippen LogP contribution is 2.22. The number of anilines is 3. The summed E-state index contributed by atoms with van der Waals surface area (Å²) in [6, 6.07) is 6.49. The molecule has 89 heavy (non-hydrogen) atoms. The number of piperazine rings is 2. The van der Waals surface area contributed by atoms with E-state index in [1.807, 2.05) is 0 Å². The minimum absolute atomic E-state index is 0.0164. The Labute approximate surface area is 504 Å². The van der Waals surface area contributed by atoms with Gasteiger partial charge in [0, 0.05) is 112 Å². The van der Waals surface area contributed by atoms with Crippen LogP contribution in [0, 0.1) is 0 Å². The molecule has 6 rings (SSSR count). The highest BCUT2D eigenvalue weighted by atomic mass is 19.1. The van der Waals surface area contributed by atoms with E-state index in [0.29, 0.717) is 34.6 Å². The number of benzene rings is 3. The third-order valence-corrected chi connectivity index (χ3v) is 13.9. The maximum absolute atomic E-state index is 14.2. The summed E-state index contributed by atoms with van der Waals surface area (Å²) in [5.41, 5.74) is 2.01. The molecule has 2 unspecified atom stereocenters. The number of aryl methyl sites for hydroxylation is 1. The molecule has 4 atom stereocenters. The molecule has 0 saturated carbocycles. The standard InChI is InChI=1S/C55H65FN14O19/c56-15-1-2-37-29-70(65-64-37)30-43(71)57-38-27-33(46(76)66-16-20-68(21-17-66)54(88)58-35-7-3-31(4-8-35)24-41(50(82)83)62-52(86)60-39(48(78)79)11-13-44(72)73)26-34(28-38)47(77)67-18-22-69(23-19-67)55(89)59-36-9-5-32(6-10-36)25-42(51(84)85)63-53(87)61-40(49(80)81)12-14-45(74)75/h3-10,26-29,39-42H,1-2,11-25,30H2,(H,57,71)(H,58,88)(H,59,89)(H,72,73)(H,74,75)(H,78,79)(H,80,81)(H,82,83)(H,84,85)(H2,60,62,86)(H2,61,63,87)/t39-,40?,41-,42?/m0/s1. The lowest BCUT2D eigenvalue weighted by molar-refractivity contribution is -0.142. The molecule has 4 aromatic rings. The first-order valence-electron chi connectivity index (χ1n) is 27.6. The Morgan fingerprint density at radius 1 is 0.483 bits per heavy atom. The Morgan fingerprint density at radius 2 is 0.865 bits per heavy atom. The van der Waals surface area contributed by atoms with Gasteiger partial charge in [0.25, 0.3) is 11.8 Å². The van der Waals surface area contributed by atoms with Crippen LogP contribution in [0.5, 0.6) is 0 Å². The van der Waals surface area contributed by atoms with Gasteiger partial charge in [-0.25, -0.2) is 43.0 Å². The Kier molecular flexibility index (Phi) is 24.1. The number of alkyl halides is 1. The molecule has 2 aliphatic rings. The van der Waals surface area contributed by atoms with Crippen LogP contribution in [-0.2, 0) is 59.4 Å². The number of nitrogens with zero attached hydrogens (tertiary/aromatic N) is 7. The molecule has 0 spiro atoms. The molecule has 0 aliphatic carbocycles. The van der Waals surface area contributed by atoms with Crippen LogP contribution in [0.4, 0.5) is 40.6 Å². The normalized spacial score (nSPS) is 14.3. The number of urea groups is 4. The van der Waals surface area contributed by atoms with Gasteiger partial charge in [0.2, 0.25) is 5.91 Å². The average Bonchev–Trinajstić information content (AvgIpc) is 1.97. The second-order valence-electron chi connectivity index (χ2n) is 20.4. The Balaban J connectivity index is 1.04. The van der Waals surface area contributed by atoms with Crippen LogP contribution in [0.2, 0.25) is 0 Å². The Morgan fingerprint density at radius 3 is 1.24 bits per heavy atom. The van der Waals surface area contributed by atoms with E-state index < -0.39 is 134 Å². The summed E-state index contributed by atoms with van der Waals surface area (Å²) in [7, 11) is 0. The zero-order valence-electron chi connectivity index (χ0n) is 47.5. The van der Waals surface area contributed by atoms with Crippen molar-refractivity contribution in [3.63, 3.8) is 0 Å². The van der Waals surface area contributed by atoms with E-state index in [2.05, 4.69) is 47.5 Å². The van der Waals surface area contributed by atoms with Gasteiger partial charge < -0.3 is 87.5 Å². The first kappa shape index (κ1) is 67.2. The van der Waals surface area contributed by atoms with Gasteiger partial charge in [-0.3, -0.25) is 28.4 Å². The van der Waals surface area contributed by atoms with Gasteiger partial charge in [0.05, 0.1) is 12.4 Å². The number of aliphatic carboxylic acids is 6. The molecular formula is C55H65FN14O19. The van der Waals surface area contributed by atoms with Crippen molar-refractivity contribution in [1.82, 2.24) is 55.9 Å². The number of carbonyl (C=O) groups is 13. The predicted molar refractivity (Wildman–Crippen MR) is 305 cm³/mol. The number of aromatic nitrogens is 3. The fraction of sp³-hybridized carbons (Fsp3) is 0.400. The molecule has 0 bridgehead atoms. The number of carbonyl (C=O) groups excluding carboxylic acids is 7. The van der Waals surface area contributed by atoms with Gasteiger partial charge in [0.1, 0.15) is 30.7 Å². The van der Waals surface area contributed by atoms with E-state index in [-0.39, 0.29) is 95.0 Å². The summed E-state index contributed by atoms with van der Waals surface area (Å²) in [6.45, 7) is -0.482.